The number of hydrogen-bond acceptors (Lipinski definition) is 6. The SMILES string of the molecule is NS(=O)(=O)c1ccc(NC(=O)CCN2CCC[C@@H](C(=O)N3CCOCC3)C2)cc1. The van der Waals surface area contributed by atoms with Crippen LogP contribution >= 0.6 is 0 Å². The van der Waals surface area contributed by atoms with E-state index in [1.54, 1.807) is 0 Å². The van der Waals surface area contributed by atoms with Crippen molar-refractivity contribution in [3.05, 3.63) is 24.3 Å². The number of likely N-dealkylation sites (tertiary alicyclic amines) is 1. The quantitative estimate of drug-likeness (QED) is 0.674. The normalized spacial score (nSPS) is 21.0. The third-order valence-electron chi connectivity index (χ3n) is 5.30. The molecular weight excluding hydrogens is 396 g/mol. The van der Waals surface area contributed by atoms with Gasteiger partial charge in [0.05, 0.1) is 24.0 Å². The van der Waals surface area contributed by atoms with Crippen LogP contribution in [0.25, 0.3) is 0 Å². The fourth-order valence-electron chi connectivity index (χ4n) is 3.71. The molecule has 0 radical (unpaired) electrons. The van der Waals surface area contributed by atoms with Gasteiger partial charge in [-0.3, -0.25) is 9.59 Å². The van der Waals surface area contributed by atoms with Crippen LogP contribution in [0.5, 0.6) is 0 Å². The van der Waals surface area contributed by atoms with Gasteiger partial charge in [-0.2, -0.15) is 0 Å². The van der Waals surface area contributed by atoms with Crippen molar-refractivity contribution in [1.82, 2.24) is 9.80 Å². The Balaban J connectivity index is 1.45. The van der Waals surface area contributed by atoms with Gasteiger partial charge in [-0.1, -0.05) is 0 Å². The Bertz CT molecular complexity index is 822. The van der Waals surface area contributed by atoms with E-state index >= 15 is 0 Å². The average Bonchev–Trinajstić information content (AvgIpc) is 2.72. The zero-order valence-electron chi connectivity index (χ0n) is 16.4. The topological polar surface area (TPSA) is 122 Å². The molecule has 2 aliphatic rings. The van der Waals surface area contributed by atoms with Crippen molar-refractivity contribution in [1.29, 1.82) is 0 Å². The maximum Gasteiger partial charge on any atom is 0.238 e. The minimum atomic E-state index is -3.75. The monoisotopic (exact) mass is 424 g/mol. The van der Waals surface area contributed by atoms with Gasteiger partial charge < -0.3 is 19.9 Å². The first-order valence-corrected chi connectivity index (χ1v) is 11.4. The molecule has 0 aliphatic carbocycles. The van der Waals surface area contributed by atoms with Gasteiger partial charge in [-0.05, 0) is 43.7 Å². The summed E-state index contributed by atoms with van der Waals surface area (Å²) in [6.07, 6.45) is 2.13. The first-order chi connectivity index (χ1) is 13.8. The van der Waals surface area contributed by atoms with E-state index in [0.29, 0.717) is 51.5 Å². The zero-order valence-corrected chi connectivity index (χ0v) is 17.2. The Hall–Kier alpha value is -2.01. The number of sulfonamides is 1. The lowest BCUT2D eigenvalue weighted by Gasteiger charge is -2.36. The van der Waals surface area contributed by atoms with E-state index in [0.717, 1.165) is 19.4 Å². The van der Waals surface area contributed by atoms with Crippen LogP contribution in [0.2, 0.25) is 0 Å². The molecule has 3 rings (SSSR count). The number of ether oxygens (including phenoxy) is 1. The van der Waals surface area contributed by atoms with Crippen molar-refractivity contribution < 1.29 is 22.7 Å². The van der Waals surface area contributed by atoms with E-state index < -0.39 is 10.0 Å². The number of nitrogens with two attached hydrogens (primary N) is 1. The third kappa shape index (κ3) is 6.23. The molecule has 2 aliphatic heterocycles. The van der Waals surface area contributed by atoms with Gasteiger partial charge in [0, 0.05) is 38.3 Å². The lowest BCUT2D eigenvalue weighted by Crippen LogP contribution is -2.48. The van der Waals surface area contributed by atoms with Gasteiger partial charge in [-0.15, -0.1) is 0 Å². The first kappa shape index (κ1) is 21.7. The van der Waals surface area contributed by atoms with Gasteiger partial charge >= 0.3 is 0 Å². The Kier molecular flexibility index (Phi) is 7.23. The Morgan fingerprint density at radius 1 is 1.14 bits per heavy atom. The Morgan fingerprint density at radius 3 is 2.48 bits per heavy atom. The summed E-state index contributed by atoms with van der Waals surface area (Å²) < 4.78 is 27.9. The second kappa shape index (κ2) is 9.66. The number of primary sulfonamides is 1. The number of benzene rings is 1. The summed E-state index contributed by atoms with van der Waals surface area (Å²) in [7, 11) is -3.75. The largest absolute Gasteiger partial charge is 0.378 e. The summed E-state index contributed by atoms with van der Waals surface area (Å²) in [5.74, 6) is 0.0167. The molecule has 1 aromatic rings. The van der Waals surface area contributed by atoms with Crippen LogP contribution < -0.4 is 10.5 Å². The minimum absolute atomic E-state index is 0.000192. The highest BCUT2D eigenvalue weighted by atomic mass is 32.2. The van der Waals surface area contributed by atoms with Crippen molar-refractivity contribution in [2.75, 3.05) is 51.3 Å². The zero-order chi connectivity index (χ0) is 20.9. The molecule has 0 unspecified atom stereocenters. The molecule has 160 valence electrons. The predicted molar refractivity (Wildman–Crippen MR) is 108 cm³/mol. The molecule has 0 saturated carbocycles. The Labute approximate surface area is 171 Å². The van der Waals surface area contributed by atoms with E-state index in [1.807, 2.05) is 4.90 Å². The van der Waals surface area contributed by atoms with E-state index in [4.69, 9.17) is 9.88 Å². The number of nitrogens with one attached hydrogen (secondary N) is 1. The molecular formula is C19H28N4O5S. The van der Waals surface area contributed by atoms with Crippen LogP contribution in [-0.4, -0.2) is 76.0 Å². The van der Waals surface area contributed by atoms with Gasteiger partial charge in [0.15, 0.2) is 0 Å². The van der Waals surface area contributed by atoms with Gasteiger partial charge in [-0.25, -0.2) is 13.6 Å². The molecule has 0 bridgehead atoms. The number of anilines is 1. The highest BCUT2D eigenvalue weighted by Crippen LogP contribution is 2.20. The van der Waals surface area contributed by atoms with Gasteiger partial charge in [0.1, 0.15) is 0 Å². The highest BCUT2D eigenvalue weighted by Gasteiger charge is 2.30. The number of nitrogens with zero attached hydrogens (tertiary/aromatic N) is 2. The fourth-order valence-corrected chi connectivity index (χ4v) is 4.23. The number of rotatable bonds is 6. The van der Waals surface area contributed by atoms with Crippen LogP contribution in [0.1, 0.15) is 19.3 Å². The third-order valence-corrected chi connectivity index (χ3v) is 6.23. The molecule has 2 amide bonds. The Morgan fingerprint density at radius 2 is 1.83 bits per heavy atom. The van der Waals surface area contributed by atoms with Crippen LogP contribution in [0.15, 0.2) is 29.2 Å². The lowest BCUT2D eigenvalue weighted by molar-refractivity contribution is -0.141. The molecule has 2 saturated heterocycles. The first-order valence-electron chi connectivity index (χ1n) is 9.84. The van der Waals surface area contributed by atoms with E-state index in [1.165, 1.54) is 24.3 Å². The van der Waals surface area contributed by atoms with E-state index in [-0.39, 0.29) is 22.6 Å². The average molecular weight is 425 g/mol. The van der Waals surface area contributed by atoms with E-state index in [2.05, 4.69) is 10.2 Å². The van der Waals surface area contributed by atoms with Crippen molar-refractivity contribution in [3.8, 4) is 0 Å². The molecule has 9 nitrogen and oxygen atoms in total. The number of amides is 2. The molecule has 10 heteroatoms. The van der Waals surface area contributed by atoms with Crippen molar-refractivity contribution in [3.63, 3.8) is 0 Å². The molecule has 29 heavy (non-hydrogen) atoms. The summed E-state index contributed by atoms with van der Waals surface area (Å²) in [4.78, 5) is 29.0. The summed E-state index contributed by atoms with van der Waals surface area (Å²) >= 11 is 0. The second-order valence-corrected chi connectivity index (χ2v) is 9.01. The van der Waals surface area contributed by atoms with Crippen molar-refractivity contribution >= 4 is 27.5 Å². The van der Waals surface area contributed by atoms with Crippen LogP contribution in [-0.2, 0) is 24.3 Å². The molecule has 1 atom stereocenters. The number of carbonyl (C=O) groups is 2. The van der Waals surface area contributed by atoms with Gasteiger partial charge in [0.2, 0.25) is 21.8 Å². The minimum Gasteiger partial charge on any atom is -0.378 e. The molecule has 2 fully saturated rings. The van der Waals surface area contributed by atoms with Crippen LogP contribution in [0, 0.1) is 5.92 Å². The summed E-state index contributed by atoms with van der Waals surface area (Å²) in [5, 5.41) is 7.82. The molecule has 3 N–H and O–H groups in total. The molecule has 2 heterocycles. The predicted octanol–water partition coefficient (Wildman–Crippen LogP) is 0.233. The molecule has 0 spiro atoms. The number of carbonyl (C=O) groups excluding carboxylic acids is 2. The molecule has 0 aromatic heterocycles. The van der Waals surface area contributed by atoms with Crippen molar-refractivity contribution in [2.24, 2.45) is 11.1 Å². The number of morpholine rings is 1. The number of hydrogen-bond donors (Lipinski definition) is 2. The number of piperidine rings is 1. The van der Waals surface area contributed by atoms with Crippen molar-refractivity contribution in [2.45, 2.75) is 24.2 Å². The summed E-state index contributed by atoms with van der Waals surface area (Å²) in [5.41, 5.74) is 0.515. The smallest absolute Gasteiger partial charge is 0.238 e. The second-order valence-electron chi connectivity index (χ2n) is 7.44. The molecule has 1 aromatic carbocycles. The lowest BCUT2D eigenvalue weighted by atomic mass is 9.96. The fraction of sp³-hybridized carbons (Fsp3) is 0.579. The summed E-state index contributed by atoms with van der Waals surface area (Å²) in [6, 6.07) is 5.74. The maximum atomic E-state index is 12.7. The standard InChI is InChI=1S/C19H28N4O5S/c20-29(26,27)17-5-3-16(4-6-17)21-18(24)7-9-22-8-1-2-15(14-22)19(25)23-10-12-28-13-11-23/h3-6,15H,1-2,7-14H2,(H,21,24)(H2,20,26,27)/t15-/m1/s1. The van der Waals surface area contributed by atoms with Gasteiger partial charge in [0.25, 0.3) is 0 Å². The highest BCUT2D eigenvalue weighted by molar-refractivity contribution is 7.89. The maximum absolute atomic E-state index is 12.7. The van der Waals surface area contributed by atoms with E-state index in [9.17, 15) is 18.0 Å². The van der Waals surface area contributed by atoms with Crippen LogP contribution in [0.4, 0.5) is 5.69 Å². The summed E-state index contributed by atoms with van der Waals surface area (Å²) in [6.45, 7) is 4.63. The van der Waals surface area contributed by atoms with Crippen LogP contribution in [0.3, 0.4) is 0 Å².